The van der Waals surface area contributed by atoms with Crippen LogP contribution in [0.1, 0.15) is 16.0 Å². The molecule has 0 amide bonds. The van der Waals surface area contributed by atoms with Crippen LogP contribution in [0.2, 0.25) is 0 Å². The lowest BCUT2D eigenvalue weighted by Gasteiger charge is -2.04. The molecule has 0 aliphatic carbocycles. The molecule has 0 aliphatic rings. The lowest BCUT2D eigenvalue weighted by molar-refractivity contribution is 1.31. The normalized spacial score (nSPS) is 10.7. The zero-order valence-corrected chi connectivity index (χ0v) is 15.2. The summed E-state index contributed by atoms with van der Waals surface area (Å²) in [7, 11) is 0. The number of hydrogen-bond acceptors (Lipinski definition) is 3. The van der Waals surface area contributed by atoms with E-state index < -0.39 is 0 Å². The van der Waals surface area contributed by atoms with E-state index in [2.05, 4.69) is 60.2 Å². The Morgan fingerprint density at radius 1 is 0.955 bits per heavy atom. The molecule has 0 unspecified atom stereocenters. The summed E-state index contributed by atoms with van der Waals surface area (Å²) in [6, 6.07) is 14.6. The van der Waals surface area contributed by atoms with Gasteiger partial charge in [0.05, 0.1) is 5.69 Å². The third kappa shape index (κ3) is 3.23. The molecule has 0 saturated heterocycles. The first-order valence-corrected chi connectivity index (χ1v) is 8.71. The molecule has 1 aromatic heterocycles. The van der Waals surface area contributed by atoms with Gasteiger partial charge in [0.2, 0.25) is 0 Å². The molecule has 1 heterocycles. The summed E-state index contributed by atoms with van der Waals surface area (Å²) in [5.41, 5.74) is 5.90. The second kappa shape index (κ2) is 6.23. The standard InChI is InChI=1S/C18H17BrN2S/c1-11-4-5-14(10-12(11)2)17-13(3)22-18(21-17)20-16-8-6-15(19)7-9-16/h4-10H,1-3H3,(H,20,21). The molecule has 4 heteroatoms. The topological polar surface area (TPSA) is 24.9 Å². The number of nitrogens with zero attached hydrogens (tertiary/aromatic N) is 1. The highest BCUT2D eigenvalue weighted by Gasteiger charge is 2.10. The molecule has 0 fully saturated rings. The minimum absolute atomic E-state index is 0.924. The van der Waals surface area contributed by atoms with Gasteiger partial charge in [-0.1, -0.05) is 28.1 Å². The van der Waals surface area contributed by atoms with E-state index in [-0.39, 0.29) is 0 Å². The average molecular weight is 373 g/mol. The highest BCUT2D eigenvalue weighted by molar-refractivity contribution is 9.10. The summed E-state index contributed by atoms with van der Waals surface area (Å²) in [4.78, 5) is 5.99. The van der Waals surface area contributed by atoms with Crippen molar-refractivity contribution in [2.24, 2.45) is 0 Å². The largest absolute Gasteiger partial charge is 0.332 e. The molecule has 3 rings (SSSR count). The van der Waals surface area contributed by atoms with Crippen LogP contribution in [-0.4, -0.2) is 4.98 Å². The highest BCUT2D eigenvalue weighted by atomic mass is 79.9. The molecular weight excluding hydrogens is 356 g/mol. The van der Waals surface area contributed by atoms with Gasteiger partial charge in [-0.25, -0.2) is 4.98 Å². The van der Waals surface area contributed by atoms with Crippen molar-refractivity contribution in [3.63, 3.8) is 0 Å². The van der Waals surface area contributed by atoms with Gasteiger partial charge in [0.1, 0.15) is 0 Å². The van der Waals surface area contributed by atoms with Gasteiger partial charge in [0.25, 0.3) is 0 Å². The number of thiazole rings is 1. The second-order valence-corrected chi connectivity index (χ2v) is 7.47. The molecule has 0 saturated carbocycles. The van der Waals surface area contributed by atoms with Crippen molar-refractivity contribution >= 4 is 38.1 Å². The Bertz CT molecular complexity index is 806. The molecule has 112 valence electrons. The summed E-state index contributed by atoms with van der Waals surface area (Å²) in [5, 5.41) is 4.30. The Morgan fingerprint density at radius 2 is 1.68 bits per heavy atom. The fourth-order valence-corrected chi connectivity index (χ4v) is 3.38. The maximum atomic E-state index is 4.76. The number of halogens is 1. The van der Waals surface area contributed by atoms with Gasteiger partial charge in [0, 0.05) is 20.6 Å². The maximum Gasteiger partial charge on any atom is 0.187 e. The fourth-order valence-electron chi connectivity index (χ4n) is 2.26. The summed E-state index contributed by atoms with van der Waals surface area (Å²) in [5.74, 6) is 0. The Labute approximate surface area is 143 Å². The quantitative estimate of drug-likeness (QED) is 0.588. The summed E-state index contributed by atoms with van der Waals surface area (Å²) in [6.07, 6.45) is 0. The van der Waals surface area contributed by atoms with E-state index in [0.717, 1.165) is 21.0 Å². The van der Waals surface area contributed by atoms with Crippen LogP contribution in [0, 0.1) is 20.8 Å². The molecule has 3 aromatic rings. The van der Waals surface area contributed by atoms with Crippen LogP contribution < -0.4 is 5.32 Å². The van der Waals surface area contributed by atoms with Gasteiger partial charge >= 0.3 is 0 Å². The molecule has 1 N–H and O–H groups in total. The first-order valence-electron chi connectivity index (χ1n) is 7.10. The predicted molar refractivity (Wildman–Crippen MR) is 99.2 cm³/mol. The number of rotatable bonds is 3. The molecule has 0 atom stereocenters. The van der Waals surface area contributed by atoms with Crippen LogP contribution >= 0.6 is 27.3 Å². The molecule has 0 aliphatic heterocycles. The minimum Gasteiger partial charge on any atom is -0.332 e. The highest BCUT2D eigenvalue weighted by Crippen LogP contribution is 2.32. The van der Waals surface area contributed by atoms with Gasteiger partial charge in [0.15, 0.2) is 5.13 Å². The molecule has 2 nitrogen and oxygen atoms in total. The van der Waals surface area contributed by atoms with E-state index in [1.165, 1.54) is 21.6 Å². The lowest BCUT2D eigenvalue weighted by atomic mass is 10.0. The lowest BCUT2D eigenvalue weighted by Crippen LogP contribution is -1.89. The van der Waals surface area contributed by atoms with E-state index in [1.54, 1.807) is 11.3 Å². The Balaban J connectivity index is 1.90. The van der Waals surface area contributed by atoms with Crippen molar-refractivity contribution in [2.75, 3.05) is 5.32 Å². The van der Waals surface area contributed by atoms with Gasteiger partial charge in [-0.3, -0.25) is 0 Å². The molecule has 2 aromatic carbocycles. The van der Waals surface area contributed by atoms with Crippen molar-refractivity contribution in [1.82, 2.24) is 4.98 Å². The van der Waals surface area contributed by atoms with Crippen LogP contribution in [0.3, 0.4) is 0 Å². The number of nitrogens with one attached hydrogen (secondary N) is 1. The summed E-state index contributed by atoms with van der Waals surface area (Å²) >= 11 is 5.13. The SMILES string of the molecule is Cc1ccc(-c2nc(Nc3ccc(Br)cc3)sc2C)cc1C. The average Bonchev–Trinajstić information content (AvgIpc) is 2.85. The van der Waals surface area contributed by atoms with Crippen molar-refractivity contribution < 1.29 is 0 Å². The Hall–Kier alpha value is -1.65. The summed E-state index contributed by atoms with van der Waals surface area (Å²) < 4.78 is 1.07. The smallest absolute Gasteiger partial charge is 0.187 e. The molecule has 0 radical (unpaired) electrons. The van der Waals surface area contributed by atoms with Gasteiger partial charge < -0.3 is 5.32 Å². The van der Waals surface area contributed by atoms with Gasteiger partial charge in [-0.15, -0.1) is 11.3 Å². The second-order valence-electron chi connectivity index (χ2n) is 5.35. The van der Waals surface area contributed by atoms with Crippen molar-refractivity contribution in [1.29, 1.82) is 0 Å². The third-order valence-electron chi connectivity index (χ3n) is 3.67. The Morgan fingerprint density at radius 3 is 2.36 bits per heavy atom. The monoisotopic (exact) mass is 372 g/mol. The van der Waals surface area contributed by atoms with E-state index in [9.17, 15) is 0 Å². The van der Waals surface area contributed by atoms with Gasteiger partial charge in [-0.05, 0) is 62.2 Å². The van der Waals surface area contributed by atoms with E-state index in [0.29, 0.717) is 0 Å². The predicted octanol–water partition coefficient (Wildman–Crippen LogP) is 6.24. The van der Waals surface area contributed by atoms with Crippen LogP contribution in [0.25, 0.3) is 11.3 Å². The first kappa shape index (κ1) is 15.3. The maximum absolute atomic E-state index is 4.76. The zero-order valence-electron chi connectivity index (χ0n) is 12.8. The van der Waals surface area contributed by atoms with Crippen LogP contribution in [0.5, 0.6) is 0 Å². The van der Waals surface area contributed by atoms with E-state index in [4.69, 9.17) is 4.98 Å². The minimum atomic E-state index is 0.924. The van der Waals surface area contributed by atoms with Crippen molar-refractivity contribution in [2.45, 2.75) is 20.8 Å². The molecule has 22 heavy (non-hydrogen) atoms. The molecule has 0 bridgehead atoms. The van der Waals surface area contributed by atoms with E-state index >= 15 is 0 Å². The summed E-state index contributed by atoms with van der Waals surface area (Å²) in [6.45, 7) is 6.39. The zero-order chi connectivity index (χ0) is 15.7. The van der Waals surface area contributed by atoms with Crippen molar-refractivity contribution in [3.8, 4) is 11.3 Å². The van der Waals surface area contributed by atoms with Crippen LogP contribution in [0.15, 0.2) is 46.9 Å². The van der Waals surface area contributed by atoms with Crippen molar-refractivity contribution in [3.05, 3.63) is 62.9 Å². The number of aryl methyl sites for hydroxylation is 3. The third-order valence-corrected chi connectivity index (χ3v) is 5.09. The number of hydrogen-bond donors (Lipinski definition) is 1. The van der Waals surface area contributed by atoms with Crippen LogP contribution in [0.4, 0.5) is 10.8 Å². The fraction of sp³-hybridized carbons (Fsp3) is 0.167. The number of benzene rings is 2. The number of aromatic nitrogens is 1. The number of anilines is 2. The first-order chi connectivity index (χ1) is 10.5. The Kier molecular flexibility index (Phi) is 4.32. The van der Waals surface area contributed by atoms with E-state index in [1.807, 2.05) is 24.3 Å². The van der Waals surface area contributed by atoms with Crippen LogP contribution in [-0.2, 0) is 0 Å². The molecule has 0 spiro atoms. The molecular formula is C18H17BrN2S. The van der Waals surface area contributed by atoms with Gasteiger partial charge in [-0.2, -0.15) is 0 Å².